The number of hydrogen-bond donors (Lipinski definition) is 1. The highest BCUT2D eigenvalue weighted by atomic mass is 32.1. The van der Waals surface area contributed by atoms with E-state index < -0.39 is 11.8 Å². The monoisotopic (exact) mass is 429 g/mol. The molecule has 1 aliphatic heterocycles. The second-order valence-corrected chi connectivity index (χ2v) is 7.80. The van der Waals surface area contributed by atoms with Crippen molar-refractivity contribution in [3.63, 3.8) is 0 Å². The first kappa shape index (κ1) is 19.0. The zero-order valence-corrected chi connectivity index (χ0v) is 16.9. The van der Waals surface area contributed by atoms with Crippen molar-refractivity contribution in [3.8, 4) is 10.6 Å². The molecule has 0 radical (unpaired) electrons. The molecule has 5 rings (SSSR count). The standard InChI is InChI=1S/C23H15N3O4S/c27-20(25-16-6-3-14(4-7-16)21-24-9-11-31-21)15-5-8-18-19(12-15)23(29)26(22(18)28)13-17-2-1-10-30-17/h1-12H,13H2,(H,25,27). The van der Waals surface area contributed by atoms with Gasteiger partial charge in [0, 0.05) is 28.4 Å². The van der Waals surface area contributed by atoms with Crippen LogP contribution in [0.3, 0.4) is 0 Å². The number of nitrogens with one attached hydrogen (secondary N) is 1. The third-order valence-electron chi connectivity index (χ3n) is 4.95. The fourth-order valence-electron chi connectivity index (χ4n) is 3.40. The summed E-state index contributed by atoms with van der Waals surface area (Å²) in [6.45, 7) is 0.0479. The second kappa shape index (κ2) is 7.66. The third-order valence-corrected chi connectivity index (χ3v) is 5.77. The van der Waals surface area contributed by atoms with Gasteiger partial charge in [0.25, 0.3) is 17.7 Å². The van der Waals surface area contributed by atoms with Crippen LogP contribution in [0.4, 0.5) is 5.69 Å². The van der Waals surface area contributed by atoms with Crippen LogP contribution in [0, 0.1) is 0 Å². The van der Waals surface area contributed by atoms with Gasteiger partial charge < -0.3 is 9.73 Å². The maximum Gasteiger partial charge on any atom is 0.261 e. The van der Waals surface area contributed by atoms with Crippen molar-refractivity contribution in [1.82, 2.24) is 9.88 Å². The highest BCUT2D eigenvalue weighted by molar-refractivity contribution is 7.13. The molecule has 152 valence electrons. The van der Waals surface area contributed by atoms with E-state index in [4.69, 9.17) is 4.42 Å². The Morgan fingerprint density at radius 2 is 1.84 bits per heavy atom. The first-order chi connectivity index (χ1) is 15.1. The van der Waals surface area contributed by atoms with Gasteiger partial charge in [0.1, 0.15) is 10.8 Å². The summed E-state index contributed by atoms with van der Waals surface area (Å²) in [7, 11) is 0. The van der Waals surface area contributed by atoms with Crippen LogP contribution in [0.5, 0.6) is 0 Å². The Kier molecular flexibility index (Phi) is 4.68. The lowest BCUT2D eigenvalue weighted by atomic mass is 10.1. The van der Waals surface area contributed by atoms with Gasteiger partial charge in [-0.2, -0.15) is 0 Å². The molecule has 0 aliphatic carbocycles. The Balaban J connectivity index is 1.33. The van der Waals surface area contributed by atoms with E-state index in [0.29, 0.717) is 17.0 Å². The number of nitrogens with zero attached hydrogens (tertiary/aromatic N) is 2. The van der Waals surface area contributed by atoms with Gasteiger partial charge >= 0.3 is 0 Å². The van der Waals surface area contributed by atoms with Crippen molar-refractivity contribution in [1.29, 1.82) is 0 Å². The smallest absolute Gasteiger partial charge is 0.261 e. The van der Waals surface area contributed by atoms with Crippen LogP contribution in [0.1, 0.15) is 36.8 Å². The minimum Gasteiger partial charge on any atom is -0.467 e. The Hall–Kier alpha value is -4.04. The van der Waals surface area contributed by atoms with Crippen molar-refractivity contribution < 1.29 is 18.8 Å². The lowest BCUT2D eigenvalue weighted by molar-refractivity contribution is 0.0631. The fourth-order valence-corrected chi connectivity index (χ4v) is 4.04. The summed E-state index contributed by atoms with van der Waals surface area (Å²) in [5.41, 5.74) is 2.37. The average Bonchev–Trinajstić information content (AvgIpc) is 3.54. The topological polar surface area (TPSA) is 92.5 Å². The number of amides is 3. The Labute approximate surface area is 181 Å². The van der Waals surface area contributed by atoms with Gasteiger partial charge in [-0.3, -0.25) is 19.3 Å². The largest absolute Gasteiger partial charge is 0.467 e. The minimum atomic E-state index is -0.446. The SMILES string of the molecule is O=C(Nc1ccc(-c2nccs2)cc1)c1ccc2c(c1)C(=O)N(Cc1ccco1)C2=O. The number of imide groups is 1. The predicted molar refractivity (Wildman–Crippen MR) is 115 cm³/mol. The van der Waals surface area contributed by atoms with Crippen molar-refractivity contribution in [2.24, 2.45) is 0 Å². The number of benzene rings is 2. The fraction of sp³-hybridized carbons (Fsp3) is 0.0435. The number of aromatic nitrogens is 1. The highest BCUT2D eigenvalue weighted by Crippen LogP contribution is 2.27. The van der Waals surface area contributed by atoms with Crippen LogP contribution < -0.4 is 5.32 Å². The lowest BCUT2D eigenvalue weighted by Gasteiger charge is -2.11. The molecule has 0 bridgehead atoms. The van der Waals surface area contributed by atoms with E-state index in [2.05, 4.69) is 10.3 Å². The maximum atomic E-state index is 12.7. The number of anilines is 1. The maximum absolute atomic E-state index is 12.7. The lowest BCUT2D eigenvalue weighted by Crippen LogP contribution is -2.28. The molecule has 0 atom stereocenters. The van der Waals surface area contributed by atoms with E-state index in [1.54, 1.807) is 36.5 Å². The van der Waals surface area contributed by atoms with Crippen LogP contribution in [-0.4, -0.2) is 27.6 Å². The van der Waals surface area contributed by atoms with Crippen LogP contribution >= 0.6 is 11.3 Å². The quantitative estimate of drug-likeness (QED) is 0.473. The van der Waals surface area contributed by atoms with E-state index in [-0.39, 0.29) is 23.6 Å². The molecule has 31 heavy (non-hydrogen) atoms. The summed E-state index contributed by atoms with van der Waals surface area (Å²) in [4.78, 5) is 43.4. The molecule has 0 saturated carbocycles. The van der Waals surface area contributed by atoms with Gasteiger partial charge in [0.15, 0.2) is 0 Å². The number of carbonyl (C=O) groups excluding carboxylic acids is 3. The van der Waals surface area contributed by atoms with Gasteiger partial charge in [-0.05, 0) is 54.6 Å². The molecule has 3 amide bonds. The first-order valence-corrected chi connectivity index (χ1v) is 10.3. The van der Waals surface area contributed by atoms with Crippen LogP contribution in [0.2, 0.25) is 0 Å². The van der Waals surface area contributed by atoms with Crippen LogP contribution in [0.15, 0.2) is 76.9 Å². The van der Waals surface area contributed by atoms with Crippen molar-refractivity contribution in [2.75, 3.05) is 5.32 Å². The van der Waals surface area contributed by atoms with Gasteiger partial charge in [0.2, 0.25) is 0 Å². The summed E-state index contributed by atoms with van der Waals surface area (Å²) in [6, 6.07) is 15.2. The van der Waals surface area contributed by atoms with Gasteiger partial charge in [-0.25, -0.2) is 4.98 Å². The molecule has 1 aliphatic rings. The molecule has 4 aromatic rings. The summed E-state index contributed by atoms with van der Waals surface area (Å²) in [6.07, 6.45) is 3.23. The molecule has 8 heteroatoms. The summed E-state index contributed by atoms with van der Waals surface area (Å²) in [5, 5.41) is 5.62. The van der Waals surface area contributed by atoms with Crippen molar-refractivity contribution in [3.05, 3.63) is 94.9 Å². The molecule has 0 spiro atoms. The summed E-state index contributed by atoms with van der Waals surface area (Å²) < 4.78 is 5.24. The zero-order valence-electron chi connectivity index (χ0n) is 16.1. The number of hydrogen-bond acceptors (Lipinski definition) is 6. The van der Waals surface area contributed by atoms with E-state index in [1.165, 1.54) is 29.7 Å². The van der Waals surface area contributed by atoms with Crippen LogP contribution in [0.25, 0.3) is 10.6 Å². The van der Waals surface area contributed by atoms with Crippen molar-refractivity contribution >= 4 is 34.7 Å². The predicted octanol–water partition coefficient (Wildman–Crippen LogP) is 4.45. The Bertz CT molecular complexity index is 1280. The zero-order chi connectivity index (χ0) is 21.4. The molecule has 1 N–H and O–H groups in total. The van der Waals surface area contributed by atoms with E-state index in [0.717, 1.165) is 15.5 Å². The number of carbonyl (C=O) groups is 3. The minimum absolute atomic E-state index is 0.0479. The number of rotatable bonds is 5. The molecule has 2 aromatic heterocycles. The Morgan fingerprint density at radius 1 is 1.03 bits per heavy atom. The molecular formula is C23H15N3O4S. The van der Waals surface area contributed by atoms with E-state index in [9.17, 15) is 14.4 Å². The van der Waals surface area contributed by atoms with Crippen LogP contribution in [-0.2, 0) is 6.54 Å². The molecule has 3 heterocycles. The number of thiazole rings is 1. The number of furan rings is 1. The molecular weight excluding hydrogens is 414 g/mol. The van der Waals surface area contributed by atoms with Gasteiger partial charge in [0.05, 0.1) is 23.9 Å². The summed E-state index contributed by atoms with van der Waals surface area (Å²) in [5.74, 6) is -0.705. The van der Waals surface area contributed by atoms with Gasteiger partial charge in [-0.15, -0.1) is 11.3 Å². The molecule has 2 aromatic carbocycles. The second-order valence-electron chi connectivity index (χ2n) is 6.90. The van der Waals surface area contributed by atoms with Gasteiger partial charge in [-0.1, -0.05) is 0 Å². The first-order valence-electron chi connectivity index (χ1n) is 9.44. The average molecular weight is 429 g/mol. The van der Waals surface area contributed by atoms with Crippen molar-refractivity contribution in [2.45, 2.75) is 6.54 Å². The summed E-state index contributed by atoms with van der Waals surface area (Å²) >= 11 is 1.54. The number of fused-ring (bicyclic) bond motifs is 1. The third kappa shape index (κ3) is 3.53. The molecule has 0 unspecified atom stereocenters. The Morgan fingerprint density at radius 3 is 2.55 bits per heavy atom. The molecule has 0 fully saturated rings. The van der Waals surface area contributed by atoms with E-state index >= 15 is 0 Å². The highest BCUT2D eigenvalue weighted by Gasteiger charge is 2.36. The normalized spacial score (nSPS) is 12.8. The molecule has 7 nitrogen and oxygen atoms in total. The molecule has 0 saturated heterocycles. The van der Waals surface area contributed by atoms with E-state index in [1.807, 2.05) is 17.5 Å².